The topological polar surface area (TPSA) is 79.8 Å². The molecule has 23 heavy (non-hydrogen) atoms. The van der Waals surface area contributed by atoms with Gasteiger partial charge in [-0.1, -0.05) is 18.2 Å². The maximum Gasteiger partial charge on any atom is 0.273 e. The van der Waals surface area contributed by atoms with Crippen molar-refractivity contribution in [2.24, 2.45) is 0 Å². The van der Waals surface area contributed by atoms with Crippen LogP contribution in [0.1, 0.15) is 15.9 Å². The molecule has 7 heteroatoms. The molecule has 3 rings (SSSR count). The van der Waals surface area contributed by atoms with E-state index < -0.39 is 0 Å². The highest BCUT2D eigenvalue weighted by molar-refractivity contribution is 5.93. The Kier molecular flexibility index (Phi) is 4.38. The standard InChI is InChI=1S/C16H17N3O4/c20-16(14-5-10-23-12-14)18-8-6-17(7-9-18)11-13-3-1-2-4-15(13)19(21)22/h1-5,10,12H,6-9,11H2. The Morgan fingerprint density at radius 1 is 1.17 bits per heavy atom. The van der Waals surface area contributed by atoms with Crippen molar-refractivity contribution in [3.05, 3.63) is 64.1 Å². The minimum absolute atomic E-state index is 0.0379. The van der Waals surface area contributed by atoms with Crippen molar-refractivity contribution in [2.45, 2.75) is 6.54 Å². The van der Waals surface area contributed by atoms with E-state index in [-0.39, 0.29) is 16.5 Å². The van der Waals surface area contributed by atoms with Gasteiger partial charge in [-0.25, -0.2) is 0 Å². The molecular formula is C16H17N3O4. The normalized spacial score (nSPS) is 15.6. The van der Waals surface area contributed by atoms with Crippen LogP contribution >= 0.6 is 0 Å². The minimum atomic E-state index is -0.353. The molecule has 0 N–H and O–H groups in total. The molecule has 0 bridgehead atoms. The van der Waals surface area contributed by atoms with Crippen LogP contribution in [0.15, 0.2) is 47.3 Å². The third-order valence-corrected chi connectivity index (χ3v) is 4.01. The Balaban J connectivity index is 1.60. The van der Waals surface area contributed by atoms with Gasteiger partial charge in [0.2, 0.25) is 0 Å². The number of nitro benzene ring substituents is 1. The third kappa shape index (κ3) is 3.40. The highest BCUT2D eigenvalue weighted by atomic mass is 16.6. The van der Waals surface area contributed by atoms with Crippen LogP contribution in [0.25, 0.3) is 0 Å². The summed E-state index contributed by atoms with van der Waals surface area (Å²) in [7, 11) is 0. The number of furan rings is 1. The molecule has 1 aliphatic heterocycles. The number of nitro groups is 1. The molecule has 120 valence electrons. The smallest absolute Gasteiger partial charge is 0.273 e. The van der Waals surface area contributed by atoms with E-state index in [4.69, 9.17) is 4.42 Å². The van der Waals surface area contributed by atoms with Gasteiger partial charge < -0.3 is 9.32 Å². The molecule has 1 aromatic carbocycles. The summed E-state index contributed by atoms with van der Waals surface area (Å²) in [4.78, 5) is 26.8. The number of piperazine rings is 1. The lowest BCUT2D eigenvalue weighted by atomic mass is 10.1. The predicted octanol–water partition coefficient (Wildman–Crippen LogP) is 2.15. The SMILES string of the molecule is O=C(c1ccoc1)N1CCN(Cc2ccccc2[N+](=O)[O-])CC1. The number of carbonyl (C=O) groups excluding carboxylic acids is 1. The number of benzene rings is 1. The fourth-order valence-electron chi connectivity index (χ4n) is 2.74. The maximum atomic E-state index is 12.2. The van der Waals surface area contributed by atoms with E-state index in [1.54, 1.807) is 29.2 Å². The van der Waals surface area contributed by atoms with E-state index >= 15 is 0 Å². The van der Waals surface area contributed by atoms with E-state index in [9.17, 15) is 14.9 Å². The molecule has 1 saturated heterocycles. The molecule has 0 unspecified atom stereocenters. The van der Waals surface area contributed by atoms with Gasteiger partial charge in [0.25, 0.3) is 11.6 Å². The van der Waals surface area contributed by atoms with Crippen LogP contribution in [0.3, 0.4) is 0 Å². The largest absolute Gasteiger partial charge is 0.472 e. The average Bonchev–Trinajstić information content (AvgIpc) is 3.10. The Morgan fingerprint density at radius 2 is 1.91 bits per heavy atom. The quantitative estimate of drug-likeness (QED) is 0.638. The highest BCUT2D eigenvalue weighted by Crippen LogP contribution is 2.20. The van der Waals surface area contributed by atoms with Gasteiger partial charge in [-0.2, -0.15) is 0 Å². The lowest BCUT2D eigenvalue weighted by Crippen LogP contribution is -2.48. The zero-order valence-corrected chi connectivity index (χ0v) is 12.6. The molecule has 2 aromatic rings. The van der Waals surface area contributed by atoms with E-state index in [0.29, 0.717) is 43.9 Å². The van der Waals surface area contributed by atoms with Crippen LogP contribution in [0.4, 0.5) is 5.69 Å². The molecule has 0 aliphatic carbocycles. The number of amides is 1. The monoisotopic (exact) mass is 315 g/mol. The second-order valence-electron chi connectivity index (χ2n) is 5.47. The summed E-state index contributed by atoms with van der Waals surface area (Å²) < 4.78 is 4.94. The van der Waals surface area contributed by atoms with Gasteiger partial charge in [-0.15, -0.1) is 0 Å². The number of hydrogen-bond acceptors (Lipinski definition) is 5. The van der Waals surface area contributed by atoms with Crippen LogP contribution in [-0.4, -0.2) is 46.8 Å². The van der Waals surface area contributed by atoms with Gasteiger partial charge in [0.1, 0.15) is 6.26 Å². The molecule has 0 saturated carbocycles. The molecule has 0 atom stereocenters. The first-order chi connectivity index (χ1) is 11.1. The molecule has 0 radical (unpaired) electrons. The number of carbonyl (C=O) groups is 1. The minimum Gasteiger partial charge on any atom is -0.472 e. The summed E-state index contributed by atoms with van der Waals surface area (Å²) in [5.41, 5.74) is 1.40. The number of para-hydroxylation sites is 1. The van der Waals surface area contributed by atoms with Gasteiger partial charge in [0.05, 0.1) is 16.7 Å². The molecule has 1 aliphatic rings. The van der Waals surface area contributed by atoms with Crippen LogP contribution in [0, 0.1) is 10.1 Å². The Bertz CT molecular complexity index is 691. The van der Waals surface area contributed by atoms with Crippen molar-refractivity contribution in [1.82, 2.24) is 9.80 Å². The van der Waals surface area contributed by atoms with Gasteiger partial charge in [0.15, 0.2) is 0 Å². The predicted molar refractivity (Wildman–Crippen MR) is 83.0 cm³/mol. The van der Waals surface area contributed by atoms with Crippen molar-refractivity contribution in [3.8, 4) is 0 Å². The molecule has 0 spiro atoms. The Hall–Kier alpha value is -2.67. The van der Waals surface area contributed by atoms with Crippen molar-refractivity contribution in [1.29, 1.82) is 0 Å². The highest BCUT2D eigenvalue weighted by Gasteiger charge is 2.24. The van der Waals surface area contributed by atoms with Crippen molar-refractivity contribution >= 4 is 11.6 Å². The molecule has 1 amide bonds. The zero-order chi connectivity index (χ0) is 16.2. The average molecular weight is 315 g/mol. The lowest BCUT2D eigenvalue weighted by molar-refractivity contribution is -0.385. The molecule has 1 aromatic heterocycles. The van der Waals surface area contributed by atoms with Gasteiger partial charge >= 0.3 is 0 Å². The van der Waals surface area contributed by atoms with E-state index in [2.05, 4.69) is 4.90 Å². The number of nitrogens with zero attached hydrogens (tertiary/aromatic N) is 3. The zero-order valence-electron chi connectivity index (χ0n) is 12.6. The fourth-order valence-corrected chi connectivity index (χ4v) is 2.74. The first-order valence-corrected chi connectivity index (χ1v) is 7.41. The van der Waals surface area contributed by atoms with Gasteiger partial charge in [0, 0.05) is 44.4 Å². The van der Waals surface area contributed by atoms with E-state index in [1.807, 2.05) is 0 Å². The first-order valence-electron chi connectivity index (χ1n) is 7.41. The van der Waals surface area contributed by atoms with Crippen molar-refractivity contribution in [3.63, 3.8) is 0 Å². The second-order valence-corrected chi connectivity index (χ2v) is 5.47. The molecule has 7 nitrogen and oxygen atoms in total. The van der Waals surface area contributed by atoms with Crippen LogP contribution < -0.4 is 0 Å². The first kappa shape index (κ1) is 15.2. The summed E-state index contributed by atoms with van der Waals surface area (Å²) in [6.07, 6.45) is 2.93. The number of hydrogen-bond donors (Lipinski definition) is 0. The summed E-state index contributed by atoms with van der Waals surface area (Å²) in [6, 6.07) is 8.43. The van der Waals surface area contributed by atoms with Crippen molar-refractivity contribution in [2.75, 3.05) is 26.2 Å². The summed E-state index contributed by atoms with van der Waals surface area (Å²) in [5, 5.41) is 11.1. The summed E-state index contributed by atoms with van der Waals surface area (Å²) >= 11 is 0. The fraction of sp³-hybridized carbons (Fsp3) is 0.312. The van der Waals surface area contributed by atoms with E-state index in [0.717, 1.165) is 0 Å². The lowest BCUT2D eigenvalue weighted by Gasteiger charge is -2.34. The van der Waals surface area contributed by atoms with Crippen molar-refractivity contribution < 1.29 is 14.1 Å². The Morgan fingerprint density at radius 3 is 2.57 bits per heavy atom. The summed E-state index contributed by atoms with van der Waals surface area (Å²) in [6.45, 7) is 3.10. The molecule has 2 heterocycles. The maximum absolute atomic E-state index is 12.2. The van der Waals surface area contributed by atoms with Crippen LogP contribution in [-0.2, 0) is 6.54 Å². The van der Waals surface area contributed by atoms with Crippen LogP contribution in [0.2, 0.25) is 0 Å². The van der Waals surface area contributed by atoms with Gasteiger partial charge in [-0.05, 0) is 6.07 Å². The molecule has 1 fully saturated rings. The van der Waals surface area contributed by atoms with Gasteiger partial charge in [-0.3, -0.25) is 19.8 Å². The second kappa shape index (κ2) is 6.62. The van der Waals surface area contributed by atoms with E-state index in [1.165, 1.54) is 18.6 Å². The third-order valence-electron chi connectivity index (χ3n) is 4.01. The Labute approximate surface area is 133 Å². The summed E-state index contributed by atoms with van der Waals surface area (Å²) in [5.74, 6) is -0.0379. The molecular weight excluding hydrogens is 298 g/mol. The number of rotatable bonds is 4. The van der Waals surface area contributed by atoms with Crippen LogP contribution in [0.5, 0.6) is 0 Å².